The molecule has 21 heavy (non-hydrogen) atoms. The highest BCUT2D eigenvalue weighted by molar-refractivity contribution is 5.15. The highest BCUT2D eigenvalue weighted by Gasteiger charge is 2.42. The van der Waals surface area contributed by atoms with Gasteiger partial charge in [0, 0.05) is 0 Å². The fourth-order valence-electron chi connectivity index (χ4n) is 4.78. The van der Waals surface area contributed by atoms with Crippen molar-refractivity contribution in [2.45, 2.75) is 76.2 Å². The maximum Gasteiger partial charge on any atom is 0.0681 e. The van der Waals surface area contributed by atoms with Gasteiger partial charge in [0.05, 0.1) is 5.60 Å². The fourth-order valence-corrected chi connectivity index (χ4v) is 4.78. The highest BCUT2D eigenvalue weighted by Crippen LogP contribution is 2.45. The molecule has 0 aliphatic heterocycles. The summed E-state index contributed by atoms with van der Waals surface area (Å²) in [6.07, 6.45) is 13.7. The smallest absolute Gasteiger partial charge is 0.0681 e. The topological polar surface area (TPSA) is 20.2 Å². The van der Waals surface area contributed by atoms with Gasteiger partial charge in [0.2, 0.25) is 0 Å². The molecule has 1 N–H and O–H groups in total. The zero-order valence-corrected chi connectivity index (χ0v) is 13.3. The number of hydrogen-bond donors (Lipinski definition) is 1. The molecule has 2 aliphatic carbocycles. The molecule has 0 saturated heterocycles. The van der Waals surface area contributed by atoms with Crippen molar-refractivity contribution in [1.29, 1.82) is 0 Å². The van der Waals surface area contributed by atoms with E-state index in [9.17, 15) is 5.11 Å². The summed E-state index contributed by atoms with van der Waals surface area (Å²) >= 11 is 0. The van der Waals surface area contributed by atoms with Crippen LogP contribution in [-0.2, 0) is 6.42 Å². The maximum absolute atomic E-state index is 11.3. The minimum absolute atomic E-state index is 0.393. The summed E-state index contributed by atoms with van der Waals surface area (Å²) in [7, 11) is 0. The van der Waals surface area contributed by atoms with Crippen molar-refractivity contribution in [3.05, 3.63) is 35.9 Å². The van der Waals surface area contributed by atoms with Crippen LogP contribution >= 0.6 is 0 Å². The molecule has 0 amide bonds. The standard InChI is InChI=1S/C20H30O/c21-20(16-14-17-9-3-1-4-10-17)15-8-7-13-19(20)18-11-5-2-6-12-18/h1,3-4,9-10,18-19,21H,2,5-8,11-16H2. The van der Waals surface area contributed by atoms with Crippen LogP contribution in [0.25, 0.3) is 0 Å². The van der Waals surface area contributed by atoms with Gasteiger partial charge in [-0.3, -0.25) is 0 Å². The Kier molecular flexibility index (Phi) is 5.00. The zero-order chi connectivity index (χ0) is 14.5. The molecule has 1 aromatic carbocycles. The Hall–Kier alpha value is -0.820. The minimum Gasteiger partial charge on any atom is -0.390 e. The summed E-state index contributed by atoms with van der Waals surface area (Å²) in [5.41, 5.74) is 0.981. The third-order valence-electron chi connectivity index (χ3n) is 5.97. The third kappa shape index (κ3) is 3.69. The molecule has 2 saturated carbocycles. The molecular formula is C20H30O. The van der Waals surface area contributed by atoms with Crippen LogP contribution in [0.1, 0.15) is 69.8 Å². The van der Waals surface area contributed by atoms with Crippen LogP contribution in [0.2, 0.25) is 0 Å². The average Bonchev–Trinajstić information content (AvgIpc) is 2.55. The molecule has 2 atom stereocenters. The first-order valence-electron chi connectivity index (χ1n) is 9.04. The first-order valence-corrected chi connectivity index (χ1v) is 9.04. The fraction of sp³-hybridized carbons (Fsp3) is 0.700. The number of rotatable bonds is 4. The molecule has 0 spiro atoms. The minimum atomic E-state index is -0.393. The molecule has 0 aromatic heterocycles. The van der Waals surface area contributed by atoms with E-state index in [1.54, 1.807) is 0 Å². The second-order valence-corrected chi connectivity index (χ2v) is 7.34. The lowest BCUT2D eigenvalue weighted by atomic mass is 9.64. The van der Waals surface area contributed by atoms with Gasteiger partial charge in [-0.25, -0.2) is 0 Å². The van der Waals surface area contributed by atoms with Gasteiger partial charge < -0.3 is 5.11 Å². The summed E-state index contributed by atoms with van der Waals surface area (Å²) in [6, 6.07) is 10.7. The van der Waals surface area contributed by atoms with Crippen molar-refractivity contribution in [3.8, 4) is 0 Å². The summed E-state index contributed by atoms with van der Waals surface area (Å²) in [4.78, 5) is 0. The van der Waals surface area contributed by atoms with E-state index in [1.807, 2.05) is 0 Å². The first-order chi connectivity index (χ1) is 10.3. The highest BCUT2D eigenvalue weighted by atomic mass is 16.3. The molecule has 1 nitrogen and oxygen atoms in total. The Balaban J connectivity index is 1.66. The van der Waals surface area contributed by atoms with Gasteiger partial charge >= 0.3 is 0 Å². The molecule has 0 bridgehead atoms. The van der Waals surface area contributed by atoms with E-state index >= 15 is 0 Å². The van der Waals surface area contributed by atoms with Crippen LogP contribution in [0.5, 0.6) is 0 Å². The van der Waals surface area contributed by atoms with Gasteiger partial charge in [-0.2, -0.15) is 0 Å². The summed E-state index contributed by atoms with van der Waals surface area (Å²) < 4.78 is 0. The number of hydrogen-bond acceptors (Lipinski definition) is 1. The van der Waals surface area contributed by atoms with Gasteiger partial charge in [0.1, 0.15) is 0 Å². The van der Waals surface area contributed by atoms with Gasteiger partial charge in [-0.1, -0.05) is 75.3 Å². The molecule has 1 heteroatoms. The second-order valence-electron chi connectivity index (χ2n) is 7.34. The Morgan fingerprint density at radius 3 is 2.38 bits per heavy atom. The van der Waals surface area contributed by atoms with Gasteiger partial charge in [0.25, 0.3) is 0 Å². The van der Waals surface area contributed by atoms with E-state index in [4.69, 9.17) is 0 Å². The van der Waals surface area contributed by atoms with Crippen molar-refractivity contribution in [2.75, 3.05) is 0 Å². The van der Waals surface area contributed by atoms with Gasteiger partial charge in [-0.15, -0.1) is 0 Å². The molecule has 1 aromatic rings. The summed E-state index contributed by atoms with van der Waals surface area (Å²) in [5, 5.41) is 11.3. The predicted octanol–water partition coefficient (Wildman–Crippen LogP) is 5.12. The first kappa shape index (κ1) is 15.1. The lowest BCUT2D eigenvalue weighted by Crippen LogP contribution is -2.45. The molecule has 2 aliphatic rings. The van der Waals surface area contributed by atoms with Crippen molar-refractivity contribution >= 4 is 0 Å². The van der Waals surface area contributed by atoms with Crippen LogP contribution in [0.4, 0.5) is 0 Å². The van der Waals surface area contributed by atoms with Crippen LogP contribution in [0, 0.1) is 11.8 Å². The molecule has 116 valence electrons. The summed E-state index contributed by atoms with van der Waals surface area (Å²) in [5.74, 6) is 1.36. The van der Waals surface area contributed by atoms with Crippen molar-refractivity contribution in [1.82, 2.24) is 0 Å². The van der Waals surface area contributed by atoms with E-state index in [-0.39, 0.29) is 0 Å². The van der Waals surface area contributed by atoms with Crippen molar-refractivity contribution in [2.24, 2.45) is 11.8 Å². The van der Waals surface area contributed by atoms with Crippen LogP contribution in [0.3, 0.4) is 0 Å². The molecule has 3 rings (SSSR count). The number of benzene rings is 1. The lowest BCUT2D eigenvalue weighted by molar-refractivity contribution is -0.0825. The van der Waals surface area contributed by atoms with E-state index in [1.165, 1.54) is 56.9 Å². The summed E-state index contributed by atoms with van der Waals surface area (Å²) in [6.45, 7) is 0. The second kappa shape index (κ2) is 6.96. The maximum atomic E-state index is 11.3. The third-order valence-corrected chi connectivity index (χ3v) is 5.97. The lowest BCUT2D eigenvalue weighted by Gasteiger charge is -2.45. The average molecular weight is 286 g/mol. The monoisotopic (exact) mass is 286 g/mol. The number of aryl methyl sites for hydroxylation is 1. The van der Waals surface area contributed by atoms with E-state index in [2.05, 4.69) is 30.3 Å². The molecule has 2 unspecified atom stereocenters. The Morgan fingerprint density at radius 1 is 0.905 bits per heavy atom. The van der Waals surface area contributed by atoms with Crippen molar-refractivity contribution < 1.29 is 5.11 Å². The van der Waals surface area contributed by atoms with E-state index < -0.39 is 5.60 Å². The zero-order valence-electron chi connectivity index (χ0n) is 13.3. The van der Waals surface area contributed by atoms with Crippen LogP contribution in [-0.4, -0.2) is 10.7 Å². The quantitative estimate of drug-likeness (QED) is 0.814. The van der Waals surface area contributed by atoms with Gasteiger partial charge in [0.15, 0.2) is 0 Å². The van der Waals surface area contributed by atoms with Gasteiger partial charge in [-0.05, 0) is 43.1 Å². The molecule has 2 fully saturated rings. The van der Waals surface area contributed by atoms with Crippen LogP contribution < -0.4 is 0 Å². The Labute approximate surface area is 129 Å². The van der Waals surface area contributed by atoms with Crippen LogP contribution in [0.15, 0.2) is 30.3 Å². The van der Waals surface area contributed by atoms with E-state index in [0.717, 1.165) is 25.2 Å². The van der Waals surface area contributed by atoms with Crippen molar-refractivity contribution in [3.63, 3.8) is 0 Å². The van der Waals surface area contributed by atoms with E-state index in [0.29, 0.717) is 5.92 Å². The number of aliphatic hydroxyl groups is 1. The normalized spacial score (nSPS) is 31.2. The Bertz CT molecular complexity index is 421. The molecule has 0 heterocycles. The predicted molar refractivity (Wildman–Crippen MR) is 88.2 cm³/mol. The SMILES string of the molecule is OC1(CCc2ccccc2)CCCCC1C1CCCCC1. The Morgan fingerprint density at radius 2 is 1.62 bits per heavy atom. The molecule has 0 radical (unpaired) electrons. The molecular weight excluding hydrogens is 256 g/mol. The largest absolute Gasteiger partial charge is 0.390 e.